The lowest BCUT2D eigenvalue weighted by molar-refractivity contribution is -0.137. The third kappa shape index (κ3) is 2.89. The molecule has 0 unspecified atom stereocenters. The van der Waals surface area contributed by atoms with Gasteiger partial charge in [0.1, 0.15) is 10.2 Å². The molecule has 0 aliphatic heterocycles. The van der Waals surface area contributed by atoms with Crippen molar-refractivity contribution in [1.82, 2.24) is 4.57 Å². The van der Waals surface area contributed by atoms with Crippen molar-refractivity contribution in [3.63, 3.8) is 0 Å². The highest BCUT2D eigenvalue weighted by Crippen LogP contribution is 2.29. The van der Waals surface area contributed by atoms with Crippen LogP contribution in [-0.4, -0.2) is 4.57 Å². The molecule has 0 atom stereocenters. The van der Waals surface area contributed by atoms with Crippen molar-refractivity contribution in [2.24, 2.45) is 0 Å². The SMILES string of the molecule is O=c1oc2ccc(Cl)cc2c(=S)n1-c1ccc(C(F)(F)F)cc1. The molecule has 0 aliphatic rings. The van der Waals surface area contributed by atoms with E-state index in [2.05, 4.69) is 0 Å². The number of rotatable bonds is 1. The van der Waals surface area contributed by atoms with Gasteiger partial charge in [-0.2, -0.15) is 13.2 Å². The molecule has 1 heterocycles. The molecule has 0 saturated carbocycles. The Kier molecular flexibility index (Phi) is 3.77. The smallest absolute Gasteiger partial charge is 0.409 e. The molecule has 0 fully saturated rings. The second-order valence-electron chi connectivity index (χ2n) is 4.69. The number of halogens is 4. The van der Waals surface area contributed by atoms with E-state index in [9.17, 15) is 18.0 Å². The molecule has 1 aromatic heterocycles. The Hall–Kier alpha value is -2.12. The molecule has 3 rings (SSSR count). The van der Waals surface area contributed by atoms with Crippen LogP contribution in [0, 0.1) is 4.64 Å². The van der Waals surface area contributed by atoms with Crippen LogP contribution in [0.1, 0.15) is 5.56 Å². The van der Waals surface area contributed by atoms with Crippen molar-refractivity contribution in [1.29, 1.82) is 0 Å². The van der Waals surface area contributed by atoms with Crippen LogP contribution in [0.3, 0.4) is 0 Å². The first kappa shape index (κ1) is 15.8. The van der Waals surface area contributed by atoms with Crippen molar-refractivity contribution >= 4 is 34.8 Å². The fourth-order valence-electron chi connectivity index (χ4n) is 2.12. The van der Waals surface area contributed by atoms with Crippen LogP contribution in [0.4, 0.5) is 13.2 Å². The van der Waals surface area contributed by atoms with Crippen molar-refractivity contribution in [2.45, 2.75) is 6.18 Å². The van der Waals surface area contributed by atoms with Gasteiger partial charge in [-0.1, -0.05) is 23.8 Å². The van der Waals surface area contributed by atoms with Crippen molar-refractivity contribution < 1.29 is 17.6 Å². The Morgan fingerprint density at radius 2 is 1.74 bits per heavy atom. The van der Waals surface area contributed by atoms with Gasteiger partial charge in [0.2, 0.25) is 0 Å². The topological polar surface area (TPSA) is 35.1 Å². The number of hydrogen-bond donors (Lipinski definition) is 0. The highest BCUT2D eigenvalue weighted by molar-refractivity contribution is 7.71. The van der Waals surface area contributed by atoms with Crippen molar-refractivity contribution in [3.8, 4) is 5.69 Å². The van der Waals surface area contributed by atoms with E-state index in [4.69, 9.17) is 28.2 Å². The molecule has 3 aromatic rings. The van der Waals surface area contributed by atoms with Gasteiger partial charge >= 0.3 is 11.9 Å². The lowest BCUT2D eigenvalue weighted by Crippen LogP contribution is -2.18. The summed E-state index contributed by atoms with van der Waals surface area (Å²) in [5.41, 5.74) is -0.382. The first-order chi connectivity index (χ1) is 10.8. The van der Waals surface area contributed by atoms with Crippen molar-refractivity contribution in [3.05, 3.63) is 68.2 Å². The molecule has 0 N–H and O–H groups in total. The third-order valence-corrected chi connectivity index (χ3v) is 3.85. The quantitative estimate of drug-likeness (QED) is 0.576. The monoisotopic (exact) mass is 357 g/mol. The second kappa shape index (κ2) is 5.50. The van der Waals surface area contributed by atoms with E-state index < -0.39 is 17.5 Å². The molecule has 118 valence electrons. The summed E-state index contributed by atoms with van der Waals surface area (Å²) < 4.78 is 44.1. The van der Waals surface area contributed by atoms with Crippen molar-refractivity contribution in [2.75, 3.05) is 0 Å². The van der Waals surface area contributed by atoms with Gasteiger partial charge in [-0.05, 0) is 42.5 Å². The van der Waals surface area contributed by atoms with Crippen LogP contribution >= 0.6 is 23.8 Å². The van der Waals surface area contributed by atoms with Crippen LogP contribution in [0.15, 0.2) is 51.7 Å². The summed E-state index contributed by atoms with van der Waals surface area (Å²) in [7, 11) is 0. The van der Waals surface area contributed by atoms with E-state index in [0.29, 0.717) is 10.4 Å². The first-order valence-corrected chi connectivity index (χ1v) is 7.09. The van der Waals surface area contributed by atoms with E-state index >= 15 is 0 Å². The zero-order chi connectivity index (χ0) is 16.8. The number of benzene rings is 2. The third-order valence-electron chi connectivity index (χ3n) is 3.21. The van der Waals surface area contributed by atoms with Crippen LogP contribution in [0.5, 0.6) is 0 Å². The van der Waals surface area contributed by atoms with Gasteiger partial charge in [0.15, 0.2) is 0 Å². The predicted octanol–water partition coefficient (Wildman–Crippen LogP) is 4.99. The minimum Gasteiger partial charge on any atom is -0.409 e. The molecule has 0 aliphatic carbocycles. The molecule has 8 heteroatoms. The molecular weight excluding hydrogens is 351 g/mol. The summed E-state index contributed by atoms with van der Waals surface area (Å²) in [5, 5.41) is 0.823. The predicted molar refractivity (Wildman–Crippen MR) is 82.7 cm³/mol. The zero-order valence-corrected chi connectivity index (χ0v) is 12.8. The van der Waals surface area contributed by atoms with Gasteiger partial charge in [0.25, 0.3) is 0 Å². The van der Waals surface area contributed by atoms with Gasteiger partial charge < -0.3 is 4.42 Å². The summed E-state index contributed by atoms with van der Waals surface area (Å²) in [6.07, 6.45) is -4.46. The van der Waals surface area contributed by atoms with Crippen LogP contribution < -0.4 is 5.76 Å². The van der Waals surface area contributed by atoms with E-state index in [1.807, 2.05) is 0 Å². The Morgan fingerprint density at radius 3 is 2.35 bits per heavy atom. The minimum absolute atomic E-state index is 0.110. The number of alkyl halides is 3. The number of hydrogen-bond acceptors (Lipinski definition) is 3. The Balaban J connectivity index is 2.24. The summed E-state index contributed by atoms with van der Waals surface area (Å²) >= 11 is 11.2. The number of fused-ring (bicyclic) bond motifs is 1. The van der Waals surface area contributed by atoms with Crippen LogP contribution in [0.2, 0.25) is 5.02 Å². The van der Waals surface area contributed by atoms with Gasteiger partial charge in [-0.15, -0.1) is 0 Å². The fraction of sp³-hybridized carbons (Fsp3) is 0.0667. The Labute approximate surface area is 137 Å². The van der Waals surface area contributed by atoms with Gasteiger partial charge in [-0.3, -0.25) is 0 Å². The summed E-state index contributed by atoms with van der Waals surface area (Å²) in [5.74, 6) is -0.787. The molecule has 2 aromatic carbocycles. The highest BCUT2D eigenvalue weighted by Gasteiger charge is 2.30. The maximum atomic E-state index is 12.6. The van der Waals surface area contributed by atoms with E-state index in [0.717, 1.165) is 28.8 Å². The summed E-state index contributed by atoms with van der Waals surface area (Å²) in [6.45, 7) is 0. The van der Waals surface area contributed by atoms with E-state index in [1.54, 1.807) is 6.07 Å². The van der Waals surface area contributed by atoms with Gasteiger partial charge in [0, 0.05) is 5.02 Å². The molecule has 0 bridgehead atoms. The largest absolute Gasteiger partial charge is 0.425 e. The average molecular weight is 358 g/mol. The van der Waals surface area contributed by atoms with Crippen LogP contribution in [-0.2, 0) is 6.18 Å². The fourth-order valence-corrected chi connectivity index (χ4v) is 2.64. The molecule has 23 heavy (non-hydrogen) atoms. The lowest BCUT2D eigenvalue weighted by atomic mass is 10.2. The highest BCUT2D eigenvalue weighted by atomic mass is 35.5. The summed E-state index contributed by atoms with van der Waals surface area (Å²) in [6, 6.07) is 8.65. The first-order valence-electron chi connectivity index (χ1n) is 6.30. The lowest BCUT2D eigenvalue weighted by Gasteiger charge is -2.10. The molecule has 0 radical (unpaired) electrons. The number of aromatic nitrogens is 1. The van der Waals surface area contributed by atoms with Gasteiger partial charge in [0.05, 0.1) is 16.6 Å². The zero-order valence-electron chi connectivity index (χ0n) is 11.2. The van der Waals surface area contributed by atoms with Crippen LogP contribution in [0.25, 0.3) is 16.7 Å². The maximum absolute atomic E-state index is 12.6. The Morgan fingerprint density at radius 1 is 1.09 bits per heavy atom. The average Bonchev–Trinajstić information content (AvgIpc) is 2.48. The molecule has 0 amide bonds. The molecule has 3 nitrogen and oxygen atoms in total. The second-order valence-corrected chi connectivity index (χ2v) is 5.52. The van der Waals surface area contributed by atoms with E-state index in [-0.39, 0.29) is 15.9 Å². The molecular formula is C15H7ClF3NO2S. The van der Waals surface area contributed by atoms with E-state index in [1.165, 1.54) is 12.1 Å². The molecule has 0 saturated heterocycles. The molecule has 0 spiro atoms. The minimum atomic E-state index is -4.46. The normalized spacial score (nSPS) is 11.8. The maximum Gasteiger partial charge on any atom is 0.425 e. The number of nitrogens with zero attached hydrogens (tertiary/aromatic N) is 1. The summed E-state index contributed by atoms with van der Waals surface area (Å²) in [4.78, 5) is 12.1. The standard InChI is InChI=1S/C15H7ClF3NO2S/c16-9-3-6-12-11(7-9)13(23)20(14(21)22-12)10-4-1-8(2-5-10)15(17,18)19/h1-7H. The Bertz CT molecular complexity index is 1010. The van der Waals surface area contributed by atoms with Gasteiger partial charge in [-0.25, -0.2) is 9.36 Å².